The van der Waals surface area contributed by atoms with Crippen LogP contribution in [0.5, 0.6) is 0 Å². The van der Waals surface area contributed by atoms with Gasteiger partial charge in [0.05, 0.1) is 12.1 Å². The number of hydrogen-bond acceptors (Lipinski definition) is 6. The van der Waals surface area contributed by atoms with Gasteiger partial charge >= 0.3 is 5.97 Å². The van der Waals surface area contributed by atoms with E-state index >= 15 is 0 Å². The summed E-state index contributed by atoms with van der Waals surface area (Å²) >= 11 is 0. The van der Waals surface area contributed by atoms with E-state index in [4.69, 9.17) is 0 Å². The zero-order valence-corrected chi connectivity index (χ0v) is 21.9. The SMILES string of the molecule is CC(C)(C)[C@H](NC(=O)[C@@H](NC(=O)c1cnccn1)C1CCCCC1)C(=O)N[C@H]1[C@@H]2CC[C@@H](C2)[C@H]1C(=O)O. The zero-order valence-electron chi connectivity index (χ0n) is 21.9. The van der Waals surface area contributed by atoms with Crippen molar-refractivity contribution >= 4 is 23.7 Å². The van der Waals surface area contributed by atoms with Crippen LogP contribution in [0.1, 0.15) is 82.6 Å². The molecule has 2 bridgehead atoms. The lowest BCUT2D eigenvalue weighted by molar-refractivity contribution is -0.145. The number of carbonyl (C=O) groups excluding carboxylic acids is 3. The third-order valence-electron chi connectivity index (χ3n) is 8.41. The van der Waals surface area contributed by atoms with Gasteiger partial charge in [-0.15, -0.1) is 0 Å². The van der Waals surface area contributed by atoms with E-state index in [1.165, 1.54) is 18.6 Å². The van der Waals surface area contributed by atoms with Gasteiger partial charge in [0.2, 0.25) is 11.8 Å². The molecule has 4 rings (SSSR count). The molecule has 37 heavy (non-hydrogen) atoms. The number of carboxylic acid groups (broad SMARTS) is 1. The fraction of sp³-hybridized carbons (Fsp3) is 0.704. The fourth-order valence-electron chi connectivity index (χ4n) is 6.51. The highest BCUT2D eigenvalue weighted by atomic mass is 16.4. The summed E-state index contributed by atoms with van der Waals surface area (Å²) < 4.78 is 0. The normalized spacial score (nSPS) is 27.2. The summed E-state index contributed by atoms with van der Waals surface area (Å²) in [5.41, 5.74) is -0.514. The Morgan fingerprint density at radius 1 is 0.946 bits per heavy atom. The van der Waals surface area contributed by atoms with Crippen molar-refractivity contribution in [3.63, 3.8) is 0 Å². The molecule has 6 atom stereocenters. The number of nitrogens with zero attached hydrogens (tertiary/aromatic N) is 2. The van der Waals surface area contributed by atoms with Crippen molar-refractivity contribution in [2.75, 3.05) is 0 Å². The van der Waals surface area contributed by atoms with Crippen molar-refractivity contribution in [3.05, 3.63) is 24.3 Å². The largest absolute Gasteiger partial charge is 0.481 e. The Balaban J connectivity index is 1.50. The first kappa shape index (κ1) is 27.0. The van der Waals surface area contributed by atoms with E-state index in [-0.39, 0.29) is 29.4 Å². The Kier molecular flexibility index (Phi) is 8.14. The first-order valence-corrected chi connectivity index (χ1v) is 13.5. The molecule has 0 unspecified atom stereocenters. The van der Waals surface area contributed by atoms with Gasteiger partial charge in [-0.2, -0.15) is 0 Å². The van der Waals surface area contributed by atoms with E-state index < -0.39 is 47.2 Å². The maximum atomic E-state index is 13.7. The third kappa shape index (κ3) is 6.10. The number of hydrogen-bond donors (Lipinski definition) is 4. The van der Waals surface area contributed by atoms with Crippen LogP contribution in [0.15, 0.2) is 18.6 Å². The maximum Gasteiger partial charge on any atom is 0.308 e. The minimum absolute atomic E-state index is 0.0555. The average Bonchev–Trinajstić information content (AvgIpc) is 3.47. The monoisotopic (exact) mass is 513 g/mol. The van der Waals surface area contributed by atoms with E-state index in [0.717, 1.165) is 51.4 Å². The van der Waals surface area contributed by atoms with Crippen molar-refractivity contribution < 1.29 is 24.3 Å². The number of nitrogens with one attached hydrogen (secondary N) is 3. The Labute approximate surface area is 217 Å². The summed E-state index contributed by atoms with van der Waals surface area (Å²) in [6, 6.07) is -2.15. The van der Waals surface area contributed by atoms with Gasteiger partial charge in [0, 0.05) is 18.4 Å². The molecule has 0 radical (unpaired) electrons. The van der Waals surface area contributed by atoms with Gasteiger partial charge in [-0.05, 0) is 55.3 Å². The summed E-state index contributed by atoms with van der Waals surface area (Å²) in [4.78, 5) is 60.0. The van der Waals surface area contributed by atoms with Gasteiger partial charge in [-0.3, -0.25) is 24.2 Å². The van der Waals surface area contributed by atoms with Crippen molar-refractivity contribution in [2.24, 2.45) is 29.1 Å². The van der Waals surface area contributed by atoms with Crippen molar-refractivity contribution in [3.8, 4) is 0 Å². The van der Waals surface area contributed by atoms with Crippen LogP contribution in [0, 0.1) is 29.1 Å². The Bertz CT molecular complexity index is 1000. The molecule has 3 fully saturated rings. The standard InChI is InChI=1S/C27H39N5O5/c1-27(2,3)22(25(35)30-20-17-10-9-16(13-17)19(20)26(36)37)32-24(34)21(15-7-5-4-6-8-15)31-23(33)18-14-28-11-12-29-18/h11-12,14-17,19-22H,4-10,13H2,1-3H3,(H,30,35)(H,31,33)(H,32,34)(H,36,37)/t16-,17+,19+,20-,21-,22+/m0/s1. The van der Waals surface area contributed by atoms with Crippen LogP contribution in [-0.2, 0) is 14.4 Å². The molecule has 0 aromatic carbocycles. The van der Waals surface area contributed by atoms with E-state index in [0.29, 0.717) is 0 Å². The second-order valence-corrected chi connectivity index (χ2v) is 12.0. The molecule has 3 aliphatic carbocycles. The summed E-state index contributed by atoms with van der Waals surface area (Å²) in [6.07, 6.45) is 11.5. The first-order valence-electron chi connectivity index (χ1n) is 13.5. The van der Waals surface area contributed by atoms with Gasteiger partial charge < -0.3 is 21.1 Å². The molecule has 1 aromatic heterocycles. The lowest BCUT2D eigenvalue weighted by Gasteiger charge is -2.36. The number of fused-ring (bicyclic) bond motifs is 2. The molecule has 4 N–H and O–H groups in total. The molecule has 1 aromatic rings. The second kappa shape index (κ2) is 11.1. The molecule has 202 valence electrons. The van der Waals surface area contributed by atoms with Crippen molar-refractivity contribution in [2.45, 2.75) is 90.3 Å². The lowest BCUT2D eigenvalue weighted by atomic mass is 9.81. The predicted octanol–water partition coefficient (Wildman–Crippen LogP) is 2.30. The van der Waals surface area contributed by atoms with Crippen LogP contribution < -0.4 is 16.0 Å². The molecular weight excluding hydrogens is 474 g/mol. The summed E-state index contributed by atoms with van der Waals surface area (Å²) in [7, 11) is 0. The topological polar surface area (TPSA) is 150 Å². The third-order valence-corrected chi connectivity index (χ3v) is 8.41. The molecule has 10 heteroatoms. The molecule has 0 spiro atoms. The average molecular weight is 514 g/mol. The smallest absolute Gasteiger partial charge is 0.308 e. The van der Waals surface area contributed by atoms with Gasteiger partial charge in [0.15, 0.2) is 0 Å². The van der Waals surface area contributed by atoms with Crippen molar-refractivity contribution in [1.82, 2.24) is 25.9 Å². The van der Waals surface area contributed by atoms with Crippen LogP contribution in [0.4, 0.5) is 0 Å². The van der Waals surface area contributed by atoms with E-state index in [2.05, 4.69) is 25.9 Å². The second-order valence-electron chi connectivity index (χ2n) is 12.0. The van der Waals surface area contributed by atoms with Crippen LogP contribution in [0.25, 0.3) is 0 Å². The fourth-order valence-corrected chi connectivity index (χ4v) is 6.51. The van der Waals surface area contributed by atoms with E-state index in [1.54, 1.807) is 0 Å². The maximum absolute atomic E-state index is 13.7. The molecule has 3 aliphatic rings. The lowest BCUT2D eigenvalue weighted by Crippen LogP contribution is -2.61. The molecule has 3 amide bonds. The number of amides is 3. The van der Waals surface area contributed by atoms with Crippen LogP contribution in [0.2, 0.25) is 0 Å². The highest BCUT2D eigenvalue weighted by Gasteiger charge is 2.52. The minimum Gasteiger partial charge on any atom is -0.481 e. The molecule has 0 saturated heterocycles. The Morgan fingerprint density at radius 3 is 2.27 bits per heavy atom. The van der Waals surface area contributed by atoms with E-state index in [9.17, 15) is 24.3 Å². The number of carbonyl (C=O) groups is 4. The summed E-state index contributed by atoms with van der Waals surface area (Å²) in [6.45, 7) is 5.59. The quantitative estimate of drug-likeness (QED) is 0.416. The van der Waals surface area contributed by atoms with E-state index in [1.807, 2.05) is 20.8 Å². The number of aliphatic carboxylic acids is 1. The predicted molar refractivity (Wildman–Crippen MR) is 135 cm³/mol. The van der Waals surface area contributed by atoms with Crippen molar-refractivity contribution in [1.29, 1.82) is 0 Å². The number of rotatable bonds is 8. The van der Waals surface area contributed by atoms with Crippen LogP contribution >= 0.6 is 0 Å². The van der Waals surface area contributed by atoms with Crippen LogP contribution in [0.3, 0.4) is 0 Å². The summed E-state index contributed by atoms with van der Waals surface area (Å²) in [5, 5.41) is 18.6. The number of aromatic nitrogens is 2. The van der Waals surface area contributed by atoms with Crippen LogP contribution in [-0.4, -0.2) is 56.9 Å². The molecule has 1 heterocycles. The van der Waals surface area contributed by atoms with Gasteiger partial charge in [-0.1, -0.05) is 40.0 Å². The van der Waals surface area contributed by atoms with Gasteiger partial charge in [-0.25, -0.2) is 4.98 Å². The first-order chi connectivity index (χ1) is 17.6. The zero-order chi connectivity index (χ0) is 26.7. The number of carboxylic acids is 1. The molecule has 0 aliphatic heterocycles. The minimum atomic E-state index is -0.895. The molecular formula is C27H39N5O5. The van der Waals surface area contributed by atoms with Gasteiger partial charge in [0.25, 0.3) is 5.91 Å². The molecule has 3 saturated carbocycles. The highest BCUT2D eigenvalue weighted by Crippen LogP contribution is 2.48. The highest BCUT2D eigenvalue weighted by molar-refractivity contribution is 5.97. The Hall–Kier alpha value is -3.04. The molecule has 10 nitrogen and oxygen atoms in total. The van der Waals surface area contributed by atoms with Gasteiger partial charge in [0.1, 0.15) is 17.8 Å². The Morgan fingerprint density at radius 2 is 1.65 bits per heavy atom. The summed E-state index contributed by atoms with van der Waals surface area (Å²) in [5.74, 6) is -2.58.